The number of nitriles is 1. The molecule has 0 fully saturated rings. The van der Waals surface area contributed by atoms with Gasteiger partial charge in [0.15, 0.2) is 0 Å². The number of nitrogens with one attached hydrogen (secondary N) is 2. The highest BCUT2D eigenvalue weighted by Gasteiger charge is 2.07. The molecule has 0 bridgehead atoms. The summed E-state index contributed by atoms with van der Waals surface area (Å²) >= 11 is 5.52. The first kappa shape index (κ1) is 16.1. The number of halogens is 1. The van der Waals surface area contributed by atoms with Crippen molar-refractivity contribution in [1.29, 1.82) is 5.26 Å². The molecule has 0 aromatic heterocycles. The molecule has 20 heavy (non-hydrogen) atoms. The summed E-state index contributed by atoms with van der Waals surface area (Å²) in [7, 11) is 0. The highest BCUT2D eigenvalue weighted by Crippen LogP contribution is 2.10. The third-order valence-corrected chi connectivity index (χ3v) is 2.97. The van der Waals surface area contributed by atoms with Crippen LogP contribution in [0.25, 0.3) is 0 Å². The number of hydrogen-bond acceptors (Lipinski definition) is 3. The van der Waals surface area contributed by atoms with Crippen molar-refractivity contribution in [3.8, 4) is 6.07 Å². The zero-order chi connectivity index (χ0) is 14.8. The van der Waals surface area contributed by atoms with Crippen LogP contribution in [0.3, 0.4) is 0 Å². The van der Waals surface area contributed by atoms with Crippen LogP contribution in [-0.4, -0.2) is 18.3 Å². The first-order valence-electron chi connectivity index (χ1n) is 6.51. The molecule has 0 radical (unpaired) electrons. The topological polar surface area (TPSA) is 64.9 Å². The molecule has 0 aliphatic heterocycles. The summed E-state index contributed by atoms with van der Waals surface area (Å²) in [6.45, 7) is 2.55. The lowest BCUT2D eigenvalue weighted by molar-refractivity contribution is -0.117. The number of benzene rings is 1. The van der Waals surface area contributed by atoms with E-state index in [4.69, 9.17) is 16.9 Å². The highest BCUT2D eigenvalue weighted by atomic mass is 35.5. The second kappa shape index (κ2) is 9.00. The second-order valence-electron chi connectivity index (χ2n) is 4.16. The maximum atomic E-state index is 11.7. The van der Waals surface area contributed by atoms with Gasteiger partial charge < -0.3 is 10.6 Å². The lowest BCUT2D eigenvalue weighted by atomic mass is 10.1. The molecule has 4 nitrogen and oxygen atoms in total. The van der Waals surface area contributed by atoms with E-state index in [9.17, 15) is 4.79 Å². The zero-order valence-corrected chi connectivity index (χ0v) is 12.2. The van der Waals surface area contributed by atoms with Crippen LogP contribution < -0.4 is 10.6 Å². The smallest absolute Gasteiger partial charge is 0.263 e. The van der Waals surface area contributed by atoms with E-state index in [0.29, 0.717) is 18.8 Å². The Morgan fingerprint density at radius 2 is 2.10 bits per heavy atom. The summed E-state index contributed by atoms with van der Waals surface area (Å²) in [5.41, 5.74) is 2.11. The molecule has 0 saturated heterocycles. The first-order valence-corrected chi connectivity index (χ1v) is 7.04. The van der Waals surface area contributed by atoms with Crippen molar-refractivity contribution in [3.63, 3.8) is 0 Å². The lowest BCUT2D eigenvalue weighted by Crippen LogP contribution is -2.26. The molecule has 0 aliphatic rings. The van der Waals surface area contributed by atoms with Gasteiger partial charge in [0.25, 0.3) is 5.91 Å². The molecule has 1 aromatic carbocycles. The maximum Gasteiger partial charge on any atom is 0.263 e. The molecule has 5 heteroatoms. The fourth-order valence-electron chi connectivity index (χ4n) is 1.50. The van der Waals surface area contributed by atoms with Gasteiger partial charge in [-0.2, -0.15) is 5.26 Å². The summed E-state index contributed by atoms with van der Waals surface area (Å²) in [6, 6.07) is 9.71. The maximum absolute atomic E-state index is 11.7. The van der Waals surface area contributed by atoms with Gasteiger partial charge in [-0.3, -0.25) is 4.79 Å². The minimum absolute atomic E-state index is 0.0409. The van der Waals surface area contributed by atoms with Gasteiger partial charge in [-0.05, 0) is 30.5 Å². The number of nitrogens with zero attached hydrogens (tertiary/aromatic N) is 1. The van der Waals surface area contributed by atoms with Crippen molar-refractivity contribution >= 4 is 23.2 Å². The summed E-state index contributed by atoms with van der Waals surface area (Å²) in [5, 5.41) is 14.5. The molecule has 1 rings (SSSR count). The Labute approximate surface area is 124 Å². The van der Waals surface area contributed by atoms with E-state index < -0.39 is 5.91 Å². The quantitative estimate of drug-likeness (QED) is 0.351. The van der Waals surface area contributed by atoms with E-state index in [1.54, 1.807) is 0 Å². The normalized spacial score (nSPS) is 10.8. The molecule has 0 heterocycles. The monoisotopic (exact) mass is 291 g/mol. The molecule has 1 amide bonds. The largest absolute Gasteiger partial charge is 0.360 e. The van der Waals surface area contributed by atoms with Crippen LogP contribution in [0.2, 0.25) is 0 Å². The molecule has 0 aliphatic carbocycles. The van der Waals surface area contributed by atoms with E-state index in [2.05, 4.69) is 17.6 Å². The molecule has 2 N–H and O–H groups in total. The number of carbonyl (C=O) groups excluding carboxylic acids is 1. The minimum Gasteiger partial charge on any atom is -0.360 e. The van der Waals surface area contributed by atoms with Gasteiger partial charge in [-0.15, -0.1) is 11.6 Å². The Morgan fingerprint density at radius 3 is 2.65 bits per heavy atom. The molecule has 0 spiro atoms. The summed E-state index contributed by atoms with van der Waals surface area (Å²) in [4.78, 5) is 11.7. The SMILES string of the molecule is CCc1ccc(N/C=C(/C#N)C(=O)NCCCCl)cc1. The van der Waals surface area contributed by atoms with E-state index in [1.165, 1.54) is 11.8 Å². The fraction of sp³-hybridized carbons (Fsp3) is 0.333. The third kappa shape index (κ3) is 5.33. The van der Waals surface area contributed by atoms with E-state index in [1.807, 2.05) is 30.3 Å². The predicted molar refractivity (Wildman–Crippen MR) is 81.5 cm³/mol. The van der Waals surface area contributed by atoms with E-state index >= 15 is 0 Å². The number of alkyl halides is 1. The second-order valence-corrected chi connectivity index (χ2v) is 4.54. The lowest BCUT2D eigenvalue weighted by Gasteiger charge is -2.05. The number of carbonyl (C=O) groups is 1. The van der Waals surface area contributed by atoms with Gasteiger partial charge in [-0.1, -0.05) is 19.1 Å². The minimum atomic E-state index is -0.393. The van der Waals surface area contributed by atoms with Gasteiger partial charge in [0.2, 0.25) is 0 Å². The molecule has 106 valence electrons. The van der Waals surface area contributed by atoms with Gasteiger partial charge in [0.1, 0.15) is 11.6 Å². The summed E-state index contributed by atoms with van der Waals surface area (Å²) in [5.74, 6) is 0.0868. The summed E-state index contributed by atoms with van der Waals surface area (Å²) < 4.78 is 0. The number of hydrogen-bond donors (Lipinski definition) is 2. The number of aryl methyl sites for hydroxylation is 1. The standard InChI is InChI=1S/C15H18ClN3O/c1-2-12-4-6-14(7-5-12)19-11-13(10-17)15(20)18-9-3-8-16/h4-7,11,19H,2-3,8-9H2,1H3,(H,18,20)/b13-11-. The van der Waals surface area contributed by atoms with E-state index in [-0.39, 0.29) is 5.57 Å². The average molecular weight is 292 g/mol. The van der Waals surface area contributed by atoms with Gasteiger partial charge in [0, 0.05) is 24.3 Å². The van der Waals surface area contributed by atoms with Crippen LogP contribution in [0, 0.1) is 11.3 Å². The molecule has 0 saturated carbocycles. The predicted octanol–water partition coefficient (Wildman–Crippen LogP) is 2.81. The van der Waals surface area contributed by atoms with Crippen LogP contribution >= 0.6 is 11.6 Å². The van der Waals surface area contributed by atoms with Crippen LogP contribution in [0.1, 0.15) is 18.9 Å². The Bertz CT molecular complexity index is 503. The molecule has 0 atom stereocenters. The average Bonchev–Trinajstić information content (AvgIpc) is 2.49. The number of rotatable bonds is 7. The zero-order valence-electron chi connectivity index (χ0n) is 11.4. The van der Waals surface area contributed by atoms with Crippen molar-refractivity contribution in [2.45, 2.75) is 19.8 Å². The number of amides is 1. The highest BCUT2D eigenvalue weighted by molar-refractivity contribution is 6.17. The molecular weight excluding hydrogens is 274 g/mol. The Kier molecular flexibility index (Phi) is 7.23. The van der Waals surface area contributed by atoms with Crippen LogP contribution in [0.15, 0.2) is 36.0 Å². The Hall–Kier alpha value is -1.99. The van der Waals surface area contributed by atoms with Crippen molar-refractivity contribution in [2.75, 3.05) is 17.7 Å². The summed E-state index contributed by atoms with van der Waals surface area (Å²) in [6.07, 6.45) is 3.07. The van der Waals surface area contributed by atoms with Crippen LogP contribution in [0.4, 0.5) is 5.69 Å². The van der Waals surface area contributed by atoms with Gasteiger partial charge >= 0.3 is 0 Å². The van der Waals surface area contributed by atoms with E-state index in [0.717, 1.165) is 12.1 Å². The van der Waals surface area contributed by atoms with Crippen molar-refractivity contribution in [3.05, 3.63) is 41.6 Å². The van der Waals surface area contributed by atoms with Crippen LogP contribution in [-0.2, 0) is 11.2 Å². The van der Waals surface area contributed by atoms with Crippen molar-refractivity contribution < 1.29 is 4.79 Å². The number of anilines is 1. The van der Waals surface area contributed by atoms with Crippen molar-refractivity contribution in [1.82, 2.24) is 5.32 Å². The molecule has 0 unspecified atom stereocenters. The van der Waals surface area contributed by atoms with Gasteiger partial charge in [0.05, 0.1) is 0 Å². The first-order chi connectivity index (χ1) is 9.71. The van der Waals surface area contributed by atoms with Crippen LogP contribution in [0.5, 0.6) is 0 Å². The molecular formula is C15H18ClN3O. The van der Waals surface area contributed by atoms with Crippen molar-refractivity contribution in [2.24, 2.45) is 0 Å². The Balaban J connectivity index is 2.60. The van der Waals surface area contributed by atoms with Gasteiger partial charge in [-0.25, -0.2) is 0 Å². The third-order valence-electron chi connectivity index (χ3n) is 2.71. The Morgan fingerprint density at radius 1 is 1.40 bits per heavy atom. The fourth-order valence-corrected chi connectivity index (χ4v) is 1.64. The molecule has 1 aromatic rings.